The SMILES string of the molecule is CC[C@H](C(=O)NC(C)(C)C)N(Cc1ccc(Cl)cc1Cl)C(=O)CN(c1cccc(Br)c1)S(C)(=O)=O. The van der Waals surface area contributed by atoms with E-state index in [0.717, 1.165) is 10.6 Å². The molecule has 0 aromatic heterocycles. The Bertz CT molecular complexity index is 1190. The Balaban J connectivity index is 2.50. The number of anilines is 1. The van der Waals surface area contributed by atoms with Gasteiger partial charge in [-0.25, -0.2) is 8.42 Å². The van der Waals surface area contributed by atoms with E-state index in [1.54, 1.807) is 49.4 Å². The van der Waals surface area contributed by atoms with Gasteiger partial charge in [0, 0.05) is 26.6 Å². The van der Waals surface area contributed by atoms with Gasteiger partial charge in [0.2, 0.25) is 21.8 Å². The van der Waals surface area contributed by atoms with Crippen molar-refractivity contribution in [1.29, 1.82) is 0 Å². The van der Waals surface area contributed by atoms with Crippen LogP contribution in [-0.2, 0) is 26.2 Å². The first-order valence-electron chi connectivity index (χ1n) is 10.9. The Kier molecular flexibility index (Phi) is 10.0. The molecule has 0 spiro atoms. The maximum atomic E-state index is 13.7. The van der Waals surface area contributed by atoms with Crippen LogP contribution in [0.4, 0.5) is 5.69 Å². The van der Waals surface area contributed by atoms with Crippen molar-refractivity contribution in [2.45, 2.75) is 52.2 Å². The molecule has 1 atom stereocenters. The lowest BCUT2D eigenvalue weighted by molar-refractivity contribution is -0.141. The van der Waals surface area contributed by atoms with Gasteiger partial charge >= 0.3 is 0 Å². The van der Waals surface area contributed by atoms with Gasteiger partial charge in [-0.1, -0.05) is 58.2 Å². The van der Waals surface area contributed by atoms with Gasteiger partial charge in [0.1, 0.15) is 12.6 Å². The van der Waals surface area contributed by atoms with Crippen molar-refractivity contribution < 1.29 is 18.0 Å². The Hall–Kier alpha value is -1.81. The average Bonchev–Trinajstić information content (AvgIpc) is 2.71. The van der Waals surface area contributed by atoms with Crippen LogP contribution in [-0.4, -0.2) is 49.5 Å². The number of nitrogens with one attached hydrogen (secondary N) is 1. The molecule has 0 aliphatic rings. The molecule has 2 aromatic rings. The van der Waals surface area contributed by atoms with E-state index in [1.165, 1.54) is 4.90 Å². The van der Waals surface area contributed by atoms with Gasteiger partial charge < -0.3 is 10.2 Å². The quantitative estimate of drug-likeness (QED) is 0.423. The Labute approximate surface area is 225 Å². The molecule has 35 heavy (non-hydrogen) atoms. The van der Waals surface area contributed by atoms with Crippen molar-refractivity contribution in [3.8, 4) is 0 Å². The second-order valence-electron chi connectivity index (χ2n) is 9.17. The van der Waals surface area contributed by atoms with Crippen molar-refractivity contribution in [2.24, 2.45) is 0 Å². The third-order valence-electron chi connectivity index (χ3n) is 5.02. The number of halogens is 3. The fourth-order valence-corrected chi connectivity index (χ4v) is 5.15. The summed E-state index contributed by atoms with van der Waals surface area (Å²) in [7, 11) is -3.81. The minimum atomic E-state index is -3.81. The molecule has 0 heterocycles. The number of amides is 2. The molecule has 0 unspecified atom stereocenters. The number of carbonyl (C=O) groups excluding carboxylic acids is 2. The van der Waals surface area contributed by atoms with Crippen molar-refractivity contribution in [1.82, 2.24) is 10.2 Å². The average molecular weight is 607 g/mol. The summed E-state index contributed by atoms with van der Waals surface area (Å²) in [6.07, 6.45) is 1.35. The third kappa shape index (κ3) is 8.66. The number of rotatable bonds is 9. The number of hydrogen-bond acceptors (Lipinski definition) is 4. The minimum absolute atomic E-state index is 0.000983. The van der Waals surface area contributed by atoms with Gasteiger partial charge in [-0.2, -0.15) is 0 Å². The lowest BCUT2D eigenvalue weighted by atomic mass is 10.1. The molecule has 192 valence electrons. The monoisotopic (exact) mass is 605 g/mol. The second kappa shape index (κ2) is 12.0. The minimum Gasteiger partial charge on any atom is -0.350 e. The zero-order valence-electron chi connectivity index (χ0n) is 20.3. The molecule has 2 amide bonds. The van der Waals surface area contributed by atoms with E-state index in [4.69, 9.17) is 23.2 Å². The summed E-state index contributed by atoms with van der Waals surface area (Å²) in [4.78, 5) is 28.2. The summed E-state index contributed by atoms with van der Waals surface area (Å²) in [5, 5.41) is 3.69. The number of benzene rings is 2. The van der Waals surface area contributed by atoms with Gasteiger partial charge in [0.15, 0.2) is 0 Å². The van der Waals surface area contributed by atoms with E-state index < -0.39 is 34.1 Å². The molecule has 1 N–H and O–H groups in total. The maximum Gasteiger partial charge on any atom is 0.244 e. The predicted molar refractivity (Wildman–Crippen MR) is 145 cm³/mol. The first-order chi connectivity index (χ1) is 16.1. The van der Waals surface area contributed by atoms with E-state index in [0.29, 0.717) is 32.2 Å². The van der Waals surface area contributed by atoms with Crippen molar-refractivity contribution in [3.05, 3.63) is 62.5 Å². The van der Waals surface area contributed by atoms with E-state index in [1.807, 2.05) is 20.8 Å². The van der Waals surface area contributed by atoms with E-state index in [-0.39, 0.29) is 12.5 Å². The largest absolute Gasteiger partial charge is 0.350 e. The molecule has 0 saturated carbocycles. The first-order valence-corrected chi connectivity index (χ1v) is 14.3. The highest BCUT2D eigenvalue weighted by molar-refractivity contribution is 9.10. The number of carbonyl (C=O) groups is 2. The zero-order chi connectivity index (χ0) is 26.6. The van der Waals surface area contributed by atoms with Crippen LogP contribution in [0, 0.1) is 0 Å². The molecule has 0 aliphatic heterocycles. The van der Waals surface area contributed by atoms with Gasteiger partial charge in [-0.15, -0.1) is 0 Å². The Morgan fingerprint density at radius 3 is 2.29 bits per heavy atom. The van der Waals surface area contributed by atoms with Gasteiger partial charge in [-0.05, 0) is 63.1 Å². The van der Waals surface area contributed by atoms with Gasteiger partial charge in [0.25, 0.3) is 0 Å². The predicted octanol–water partition coefficient (Wildman–Crippen LogP) is 5.24. The molecular weight excluding hydrogens is 577 g/mol. The van der Waals surface area contributed by atoms with Crippen LogP contribution in [0.1, 0.15) is 39.7 Å². The molecule has 0 aliphatic carbocycles. The molecule has 11 heteroatoms. The highest BCUT2D eigenvalue weighted by atomic mass is 79.9. The summed E-state index contributed by atoms with van der Waals surface area (Å²) in [6, 6.07) is 10.7. The molecule has 0 fully saturated rings. The topological polar surface area (TPSA) is 86.8 Å². The van der Waals surface area contributed by atoms with Gasteiger partial charge in [-0.3, -0.25) is 13.9 Å². The Morgan fingerprint density at radius 2 is 1.77 bits per heavy atom. The number of hydrogen-bond donors (Lipinski definition) is 1. The maximum absolute atomic E-state index is 13.7. The normalized spacial score (nSPS) is 12.7. The Morgan fingerprint density at radius 1 is 1.11 bits per heavy atom. The number of sulfonamides is 1. The van der Waals surface area contributed by atoms with E-state index in [9.17, 15) is 18.0 Å². The van der Waals surface area contributed by atoms with Crippen LogP contribution in [0.3, 0.4) is 0 Å². The lowest BCUT2D eigenvalue weighted by Crippen LogP contribution is -2.55. The number of nitrogens with zero attached hydrogens (tertiary/aromatic N) is 2. The van der Waals surface area contributed by atoms with Crippen LogP contribution in [0.25, 0.3) is 0 Å². The molecular formula is C24H30BrCl2N3O4S. The van der Waals surface area contributed by atoms with Crippen molar-refractivity contribution >= 4 is 66.7 Å². The summed E-state index contributed by atoms with van der Waals surface area (Å²) < 4.78 is 27.0. The highest BCUT2D eigenvalue weighted by Crippen LogP contribution is 2.26. The lowest BCUT2D eigenvalue weighted by Gasteiger charge is -2.34. The molecule has 7 nitrogen and oxygen atoms in total. The third-order valence-corrected chi connectivity index (χ3v) is 7.24. The smallest absolute Gasteiger partial charge is 0.244 e. The van der Waals surface area contributed by atoms with Gasteiger partial charge in [0.05, 0.1) is 11.9 Å². The summed E-state index contributed by atoms with van der Waals surface area (Å²) >= 11 is 15.7. The van der Waals surface area contributed by atoms with Crippen LogP contribution >= 0.6 is 39.1 Å². The molecule has 0 bridgehead atoms. The van der Waals surface area contributed by atoms with Crippen LogP contribution < -0.4 is 9.62 Å². The fraction of sp³-hybridized carbons (Fsp3) is 0.417. The highest BCUT2D eigenvalue weighted by Gasteiger charge is 2.33. The van der Waals surface area contributed by atoms with Crippen molar-refractivity contribution in [3.63, 3.8) is 0 Å². The summed E-state index contributed by atoms with van der Waals surface area (Å²) in [5.41, 5.74) is 0.387. The van der Waals surface area contributed by atoms with Crippen LogP contribution in [0.2, 0.25) is 10.0 Å². The molecule has 2 aromatic carbocycles. The standard InChI is InChI=1S/C24H30BrCl2N3O4S/c1-6-21(23(32)28-24(2,3)4)29(14-16-10-11-18(26)13-20(16)27)22(31)15-30(35(5,33)34)19-9-7-8-17(25)12-19/h7-13,21H,6,14-15H2,1-5H3,(H,28,32)/t21-/m1/s1. The molecule has 2 rings (SSSR count). The second-order valence-corrected chi connectivity index (χ2v) is 12.8. The first kappa shape index (κ1) is 29.4. The summed E-state index contributed by atoms with van der Waals surface area (Å²) in [5.74, 6) is -0.885. The van der Waals surface area contributed by atoms with Crippen molar-refractivity contribution in [2.75, 3.05) is 17.1 Å². The van der Waals surface area contributed by atoms with Crippen LogP contribution in [0.5, 0.6) is 0 Å². The molecule has 0 saturated heterocycles. The van der Waals surface area contributed by atoms with E-state index >= 15 is 0 Å². The van der Waals surface area contributed by atoms with E-state index in [2.05, 4.69) is 21.2 Å². The van der Waals surface area contributed by atoms with Crippen LogP contribution in [0.15, 0.2) is 46.9 Å². The summed E-state index contributed by atoms with van der Waals surface area (Å²) in [6.45, 7) is 6.84. The zero-order valence-corrected chi connectivity index (χ0v) is 24.2. The molecule has 0 radical (unpaired) electrons. The fourth-order valence-electron chi connectivity index (χ4n) is 3.45.